The van der Waals surface area contributed by atoms with Gasteiger partial charge in [-0.2, -0.15) is 0 Å². The Kier molecular flexibility index (Phi) is 5.78. The molecule has 0 saturated carbocycles. The van der Waals surface area contributed by atoms with Crippen molar-refractivity contribution in [1.29, 1.82) is 0 Å². The van der Waals surface area contributed by atoms with Gasteiger partial charge in [0.2, 0.25) is 5.91 Å². The van der Waals surface area contributed by atoms with Crippen molar-refractivity contribution >= 4 is 11.6 Å². The number of amides is 1. The van der Waals surface area contributed by atoms with Gasteiger partial charge in [-0.3, -0.25) is 4.79 Å². The first-order chi connectivity index (χ1) is 9.65. The van der Waals surface area contributed by atoms with Crippen molar-refractivity contribution in [2.45, 2.75) is 52.5 Å². The second-order valence-corrected chi connectivity index (χ2v) is 6.89. The number of anilines is 1. The molecule has 1 aromatic rings. The van der Waals surface area contributed by atoms with Crippen LogP contribution in [0.2, 0.25) is 0 Å². The van der Waals surface area contributed by atoms with Crippen molar-refractivity contribution in [2.24, 2.45) is 11.7 Å². The van der Waals surface area contributed by atoms with E-state index in [1.807, 2.05) is 32.0 Å². The Labute approximate surface area is 128 Å². The minimum absolute atomic E-state index is 0.00575. The minimum atomic E-state index is -0.506. The third-order valence-electron chi connectivity index (χ3n) is 3.39. The van der Waals surface area contributed by atoms with Gasteiger partial charge in [-0.05, 0) is 35.4 Å². The molecule has 1 rings (SSSR count). The number of rotatable bonds is 5. The van der Waals surface area contributed by atoms with Crippen LogP contribution in [0.3, 0.4) is 0 Å². The number of nitrogens with one attached hydrogen (secondary N) is 1. The predicted molar refractivity (Wildman–Crippen MR) is 87.8 cm³/mol. The zero-order valence-corrected chi connectivity index (χ0v) is 14.0. The summed E-state index contributed by atoms with van der Waals surface area (Å²) in [5, 5.41) is 2.89. The van der Waals surface area contributed by atoms with Crippen LogP contribution in [0.4, 0.5) is 5.69 Å². The van der Waals surface area contributed by atoms with Gasteiger partial charge in [0.15, 0.2) is 0 Å². The van der Waals surface area contributed by atoms with Crippen molar-refractivity contribution in [1.82, 2.24) is 0 Å². The molecule has 0 radical (unpaired) electrons. The fourth-order valence-electron chi connectivity index (χ4n) is 2.11. The van der Waals surface area contributed by atoms with Crippen LogP contribution in [0.15, 0.2) is 18.2 Å². The fourth-order valence-corrected chi connectivity index (χ4v) is 2.11. The highest BCUT2D eigenvalue weighted by Crippen LogP contribution is 2.31. The Balaban J connectivity index is 2.97. The maximum absolute atomic E-state index is 12.2. The molecule has 118 valence electrons. The molecule has 0 saturated heterocycles. The number of carbonyl (C=O) groups is 1. The van der Waals surface area contributed by atoms with Crippen molar-refractivity contribution in [3.05, 3.63) is 23.8 Å². The molecule has 1 aromatic carbocycles. The summed E-state index contributed by atoms with van der Waals surface area (Å²) in [7, 11) is 1.59. The monoisotopic (exact) mass is 292 g/mol. The number of benzene rings is 1. The first kappa shape index (κ1) is 17.5. The van der Waals surface area contributed by atoms with Gasteiger partial charge in [-0.1, -0.05) is 40.7 Å². The maximum Gasteiger partial charge on any atom is 0.241 e. The number of nitrogens with two attached hydrogens (primary N) is 1. The van der Waals surface area contributed by atoms with Crippen molar-refractivity contribution in [3.8, 4) is 5.75 Å². The van der Waals surface area contributed by atoms with E-state index in [0.717, 1.165) is 5.56 Å². The van der Waals surface area contributed by atoms with E-state index in [-0.39, 0.29) is 11.3 Å². The molecule has 3 N–H and O–H groups in total. The first-order valence-electron chi connectivity index (χ1n) is 7.40. The number of ether oxygens (including phenoxy) is 1. The molecule has 1 amide bonds. The van der Waals surface area contributed by atoms with E-state index in [4.69, 9.17) is 10.5 Å². The van der Waals surface area contributed by atoms with Gasteiger partial charge < -0.3 is 15.8 Å². The summed E-state index contributed by atoms with van der Waals surface area (Å²) in [6.45, 7) is 10.5. The summed E-state index contributed by atoms with van der Waals surface area (Å²) in [6.07, 6.45) is 0.660. The summed E-state index contributed by atoms with van der Waals surface area (Å²) >= 11 is 0. The molecule has 0 aliphatic heterocycles. The first-order valence-corrected chi connectivity index (χ1v) is 7.40. The molecule has 1 unspecified atom stereocenters. The molecular formula is C17H28N2O2. The van der Waals surface area contributed by atoms with Gasteiger partial charge in [0, 0.05) is 0 Å². The summed E-state index contributed by atoms with van der Waals surface area (Å²) in [5.74, 6) is 0.856. The Morgan fingerprint density at radius 3 is 2.43 bits per heavy atom. The molecule has 0 aliphatic rings. The van der Waals surface area contributed by atoms with Crippen LogP contribution in [0.1, 0.15) is 46.6 Å². The third kappa shape index (κ3) is 5.05. The fraction of sp³-hybridized carbons (Fsp3) is 0.588. The standard InChI is InChI=1S/C17H28N2O2/c1-11(2)9-13(18)16(20)19-14-10-12(17(3,4)5)7-8-15(14)21-6/h7-8,10-11,13H,9,18H2,1-6H3,(H,19,20). The number of hydrogen-bond donors (Lipinski definition) is 2. The lowest BCUT2D eigenvalue weighted by Crippen LogP contribution is -2.36. The van der Waals surface area contributed by atoms with E-state index < -0.39 is 6.04 Å². The summed E-state index contributed by atoms with van der Waals surface area (Å²) in [5.41, 5.74) is 7.74. The normalized spacial score (nSPS) is 13.1. The lowest BCUT2D eigenvalue weighted by atomic mass is 9.87. The average Bonchev–Trinajstić information content (AvgIpc) is 2.36. The van der Waals surface area contributed by atoms with Crippen LogP contribution < -0.4 is 15.8 Å². The summed E-state index contributed by atoms with van der Waals surface area (Å²) < 4.78 is 5.32. The summed E-state index contributed by atoms with van der Waals surface area (Å²) in [4.78, 5) is 12.2. The van der Waals surface area contributed by atoms with E-state index in [1.54, 1.807) is 7.11 Å². The number of carbonyl (C=O) groups excluding carboxylic acids is 1. The smallest absolute Gasteiger partial charge is 0.241 e. The molecule has 0 bridgehead atoms. The van der Waals surface area contributed by atoms with Crippen LogP contribution in [0.5, 0.6) is 5.75 Å². The van der Waals surface area contributed by atoms with E-state index in [1.165, 1.54) is 0 Å². The molecule has 1 atom stereocenters. The molecule has 21 heavy (non-hydrogen) atoms. The maximum atomic E-state index is 12.2. The minimum Gasteiger partial charge on any atom is -0.495 e. The lowest BCUT2D eigenvalue weighted by Gasteiger charge is -2.22. The van der Waals surface area contributed by atoms with Gasteiger partial charge in [-0.15, -0.1) is 0 Å². The Bertz CT molecular complexity index is 490. The van der Waals surface area contributed by atoms with Gasteiger partial charge in [0.25, 0.3) is 0 Å². The van der Waals surface area contributed by atoms with Gasteiger partial charge >= 0.3 is 0 Å². The second kappa shape index (κ2) is 6.94. The van der Waals surface area contributed by atoms with E-state index in [0.29, 0.717) is 23.8 Å². The third-order valence-corrected chi connectivity index (χ3v) is 3.39. The van der Waals surface area contributed by atoms with Crippen molar-refractivity contribution < 1.29 is 9.53 Å². The zero-order valence-electron chi connectivity index (χ0n) is 14.0. The van der Waals surface area contributed by atoms with Crippen LogP contribution in [0.25, 0.3) is 0 Å². The highest BCUT2D eigenvalue weighted by atomic mass is 16.5. The Morgan fingerprint density at radius 2 is 1.95 bits per heavy atom. The quantitative estimate of drug-likeness (QED) is 0.875. The van der Waals surface area contributed by atoms with Gasteiger partial charge in [-0.25, -0.2) is 0 Å². The number of hydrogen-bond acceptors (Lipinski definition) is 3. The molecule has 0 heterocycles. The highest BCUT2D eigenvalue weighted by Gasteiger charge is 2.19. The second-order valence-electron chi connectivity index (χ2n) is 6.89. The molecule has 4 heteroatoms. The average molecular weight is 292 g/mol. The molecule has 0 spiro atoms. The highest BCUT2D eigenvalue weighted by molar-refractivity contribution is 5.96. The Hall–Kier alpha value is -1.55. The van der Waals surface area contributed by atoms with Crippen LogP contribution in [0, 0.1) is 5.92 Å². The summed E-state index contributed by atoms with van der Waals surface area (Å²) in [6, 6.07) is 5.35. The van der Waals surface area contributed by atoms with E-state index >= 15 is 0 Å². The van der Waals surface area contributed by atoms with Crippen LogP contribution >= 0.6 is 0 Å². The predicted octanol–water partition coefficient (Wildman–Crippen LogP) is 3.30. The molecule has 0 fully saturated rings. The van der Waals surface area contributed by atoms with E-state index in [2.05, 4.69) is 26.1 Å². The van der Waals surface area contributed by atoms with Crippen LogP contribution in [-0.4, -0.2) is 19.1 Å². The van der Waals surface area contributed by atoms with Gasteiger partial charge in [0.05, 0.1) is 18.8 Å². The lowest BCUT2D eigenvalue weighted by molar-refractivity contribution is -0.117. The topological polar surface area (TPSA) is 64.3 Å². The van der Waals surface area contributed by atoms with E-state index in [9.17, 15) is 4.79 Å². The molecule has 0 aliphatic carbocycles. The molecule has 4 nitrogen and oxygen atoms in total. The van der Waals surface area contributed by atoms with Crippen molar-refractivity contribution in [2.75, 3.05) is 12.4 Å². The molecular weight excluding hydrogens is 264 g/mol. The molecule has 0 aromatic heterocycles. The van der Waals surface area contributed by atoms with Crippen LogP contribution in [-0.2, 0) is 10.2 Å². The largest absolute Gasteiger partial charge is 0.495 e. The SMILES string of the molecule is COc1ccc(C(C)(C)C)cc1NC(=O)C(N)CC(C)C. The Morgan fingerprint density at radius 1 is 1.33 bits per heavy atom. The zero-order chi connectivity index (χ0) is 16.2. The van der Waals surface area contributed by atoms with Crippen molar-refractivity contribution in [3.63, 3.8) is 0 Å². The van der Waals surface area contributed by atoms with Gasteiger partial charge in [0.1, 0.15) is 5.75 Å². The number of methoxy groups -OCH3 is 1.